The quantitative estimate of drug-likeness (QED) is 0.314. The van der Waals surface area contributed by atoms with Crippen molar-refractivity contribution in [2.75, 3.05) is 0 Å². The van der Waals surface area contributed by atoms with Crippen molar-refractivity contribution in [2.45, 2.75) is 168 Å². The summed E-state index contributed by atoms with van der Waals surface area (Å²) in [6.07, 6.45) is 9.22. The highest BCUT2D eigenvalue weighted by molar-refractivity contribution is 6.74. The topological polar surface area (TPSA) is 31.4 Å². The maximum atomic E-state index is 7.40. The molecule has 2 aromatic rings. The summed E-state index contributed by atoms with van der Waals surface area (Å²) in [5.74, 6) is 0.526. The molecule has 1 saturated carbocycles. The van der Waals surface area contributed by atoms with Crippen molar-refractivity contribution in [2.24, 2.45) is 5.41 Å². The van der Waals surface area contributed by atoms with Gasteiger partial charge in [0.15, 0.2) is 8.32 Å². The summed E-state index contributed by atoms with van der Waals surface area (Å²) in [7, 11) is -2.03. The van der Waals surface area contributed by atoms with Crippen LogP contribution in [0.3, 0.4) is 0 Å². The van der Waals surface area contributed by atoms with Crippen molar-refractivity contribution in [3.05, 3.63) is 63.5 Å². The Hall–Kier alpha value is -1.49. The van der Waals surface area contributed by atoms with Crippen LogP contribution in [0, 0.1) is 5.41 Å². The lowest BCUT2D eigenvalue weighted by molar-refractivity contribution is -0.0554. The standard InChI is InChI=1S/C38H59NO2Si/c1-13-22-38(10)32-30-28(23-37(8,9)24-29(30)41-42(11,12)36(5,6)7)39-33(25-16-14-15-17-25)31(32)34(40-38)26-18-20-27(21-19-26)35(2,3)4/h18-21,25,29,34H,13-17,22-24H2,1-12H3. The molecule has 1 aromatic carbocycles. The second-order valence-corrected chi connectivity index (χ2v) is 22.1. The van der Waals surface area contributed by atoms with Crippen LogP contribution in [0.1, 0.15) is 172 Å². The molecule has 0 radical (unpaired) electrons. The molecule has 0 amide bonds. The molecule has 1 aliphatic heterocycles. The fourth-order valence-corrected chi connectivity index (χ4v) is 8.97. The zero-order chi connectivity index (χ0) is 30.9. The van der Waals surface area contributed by atoms with E-state index in [2.05, 4.69) is 107 Å². The Bertz CT molecular complexity index is 1290. The first kappa shape index (κ1) is 31.9. The van der Waals surface area contributed by atoms with Crippen LogP contribution in [0.2, 0.25) is 18.1 Å². The minimum Gasteiger partial charge on any atom is -0.410 e. The van der Waals surface area contributed by atoms with Crippen LogP contribution in [0.5, 0.6) is 0 Å². The van der Waals surface area contributed by atoms with Gasteiger partial charge in [-0.15, -0.1) is 0 Å². The van der Waals surface area contributed by atoms with E-state index in [0.29, 0.717) is 5.92 Å². The molecule has 232 valence electrons. The number of benzene rings is 1. The molecule has 2 heterocycles. The third kappa shape index (κ3) is 5.82. The molecule has 3 atom stereocenters. The van der Waals surface area contributed by atoms with Crippen LogP contribution in [0.25, 0.3) is 0 Å². The molecule has 0 saturated heterocycles. The molecule has 0 spiro atoms. The fourth-order valence-electron chi connectivity index (χ4n) is 7.70. The monoisotopic (exact) mass is 589 g/mol. The minimum atomic E-state index is -2.03. The van der Waals surface area contributed by atoms with E-state index < -0.39 is 8.32 Å². The largest absolute Gasteiger partial charge is 0.410 e. The van der Waals surface area contributed by atoms with Gasteiger partial charge in [-0.3, -0.25) is 4.98 Å². The summed E-state index contributed by atoms with van der Waals surface area (Å²) in [5.41, 5.74) is 9.42. The Labute approximate surface area is 258 Å². The first-order valence-electron chi connectivity index (χ1n) is 16.9. The molecule has 2 aliphatic carbocycles. The van der Waals surface area contributed by atoms with Gasteiger partial charge in [0.2, 0.25) is 0 Å². The van der Waals surface area contributed by atoms with E-state index in [-0.39, 0.29) is 33.7 Å². The van der Waals surface area contributed by atoms with Crippen LogP contribution >= 0.6 is 0 Å². The van der Waals surface area contributed by atoms with E-state index in [4.69, 9.17) is 14.1 Å². The molecular weight excluding hydrogens is 531 g/mol. The van der Waals surface area contributed by atoms with Gasteiger partial charge < -0.3 is 9.16 Å². The van der Waals surface area contributed by atoms with Gasteiger partial charge in [0.25, 0.3) is 0 Å². The lowest BCUT2D eigenvalue weighted by Crippen LogP contribution is -2.44. The number of aromatic nitrogens is 1. The molecule has 5 rings (SSSR count). The Morgan fingerprint density at radius 3 is 2.12 bits per heavy atom. The minimum absolute atomic E-state index is 0.0605. The SMILES string of the molecule is CCCC1(C)OC(c2ccc(C(C)(C)C)cc2)c2c(C3CCCC3)nc3c(c21)C(O[Si](C)(C)C(C)(C)C)CC(C)(C)C3. The molecule has 3 unspecified atom stereocenters. The summed E-state index contributed by atoms with van der Waals surface area (Å²) in [4.78, 5) is 5.72. The van der Waals surface area contributed by atoms with Crippen LogP contribution < -0.4 is 0 Å². The first-order chi connectivity index (χ1) is 19.4. The molecular formula is C38H59NO2Si. The Kier molecular flexibility index (Phi) is 8.24. The van der Waals surface area contributed by atoms with Gasteiger partial charge in [-0.25, -0.2) is 0 Å². The van der Waals surface area contributed by atoms with Gasteiger partial charge in [-0.1, -0.05) is 106 Å². The van der Waals surface area contributed by atoms with Crippen molar-refractivity contribution in [3.8, 4) is 0 Å². The highest BCUT2D eigenvalue weighted by atomic mass is 28.4. The second kappa shape index (κ2) is 10.8. The molecule has 1 fully saturated rings. The normalized spacial score (nSPS) is 26.4. The van der Waals surface area contributed by atoms with Crippen molar-refractivity contribution in [1.29, 1.82) is 0 Å². The zero-order valence-electron chi connectivity index (χ0n) is 29.0. The Balaban J connectivity index is 1.76. The fraction of sp³-hybridized carbons (Fsp3) is 0.711. The van der Waals surface area contributed by atoms with Crippen LogP contribution in [-0.4, -0.2) is 13.3 Å². The van der Waals surface area contributed by atoms with E-state index in [0.717, 1.165) is 25.7 Å². The van der Waals surface area contributed by atoms with Gasteiger partial charge in [-0.2, -0.15) is 0 Å². The third-order valence-electron chi connectivity index (χ3n) is 11.0. The molecule has 3 nitrogen and oxygen atoms in total. The molecule has 42 heavy (non-hydrogen) atoms. The van der Waals surface area contributed by atoms with E-state index in [1.54, 1.807) is 0 Å². The number of rotatable bonds is 6. The van der Waals surface area contributed by atoms with Gasteiger partial charge in [-0.05, 0) is 84.7 Å². The Morgan fingerprint density at radius 1 is 0.952 bits per heavy atom. The number of hydrogen-bond acceptors (Lipinski definition) is 3. The highest BCUT2D eigenvalue weighted by Crippen LogP contribution is 2.58. The van der Waals surface area contributed by atoms with Crippen LogP contribution in [0.15, 0.2) is 24.3 Å². The number of hydrogen-bond donors (Lipinski definition) is 0. The average molecular weight is 590 g/mol. The Morgan fingerprint density at radius 2 is 1.57 bits per heavy atom. The van der Waals surface area contributed by atoms with Crippen molar-refractivity contribution in [3.63, 3.8) is 0 Å². The first-order valence-corrected chi connectivity index (χ1v) is 19.8. The zero-order valence-corrected chi connectivity index (χ0v) is 30.0. The molecule has 3 aliphatic rings. The van der Waals surface area contributed by atoms with Crippen LogP contribution in [0.4, 0.5) is 0 Å². The van der Waals surface area contributed by atoms with Crippen LogP contribution in [-0.2, 0) is 26.6 Å². The van der Waals surface area contributed by atoms with Gasteiger partial charge in [0.1, 0.15) is 6.10 Å². The van der Waals surface area contributed by atoms with Crippen molar-refractivity contribution >= 4 is 8.32 Å². The van der Waals surface area contributed by atoms with Gasteiger partial charge in [0, 0.05) is 22.7 Å². The lowest BCUT2D eigenvalue weighted by atomic mass is 9.70. The van der Waals surface area contributed by atoms with Crippen molar-refractivity contribution in [1.82, 2.24) is 4.98 Å². The number of fused-ring (bicyclic) bond motifs is 3. The van der Waals surface area contributed by atoms with E-state index in [1.807, 2.05) is 0 Å². The maximum Gasteiger partial charge on any atom is 0.192 e. The lowest BCUT2D eigenvalue weighted by Gasteiger charge is -2.45. The number of nitrogens with zero attached hydrogens (tertiary/aromatic N) is 1. The van der Waals surface area contributed by atoms with Gasteiger partial charge in [0.05, 0.1) is 17.4 Å². The maximum absolute atomic E-state index is 7.40. The van der Waals surface area contributed by atoms with E-state index in [1.165, 1.54) is 64.9 Å². The van der Waals surface area contributed by atoms with E-state index >= 15 is 0 Å². The number of pyridine rings is 1. The predicted octanol–water partition coefficient (Wildman–Crippen LogP) is 11.2. The summed E-state index contributed by atoms with van der Waals surface area (Å²) >= 11 is 0. The number of ether oxygens (including phenoxy) is 1. The summed E-state index contributed by atoms with van der Waals surface area (Å²) in [6, 6.07) is 9.30. The summed E-state index contributed by atoms with van der Waals surface area (Å²) in [5, 5.41) is 0.149. The molecule has 0 N–H and O–H groups in total. The predicted molar refractivity (Wildman–Crippen MR) is 179 cm³/mol. The average Bonchev–Trinajstić information content (AvgIpc) is 3.49. The van der Waals surface area contributed by atoms with E-state index in [9.17, 15) is 0 Å². The van der Waals surface area contributed by atoms with Gasteiger partial charge >= 0.3 is 0 Å². The van der Waals surface area contributed by atoms with Crippen molar-refractivity contribution < 1.29 is 9.16 Å². The molecule has 0 bridgehead atoms. The second-order valence-electron chi connectivity index (χ2n) is 17.4. The highest BCUT2D eigenvalue weighted by Gasteiger charge is 2.51. The smallest absolute Gasteiger partial charge is 0.192 e. The third-order valence-corrected chi connectivity index (χ3v) is 15.5. The molecule has 4 heteroatoms. The summed E-state index contributed by atoms with van der Waals surface area (Å²) in [6.45, 7) is 28.3. The summed E-state index contributed by atoms with van der Waals surface area (Å²) < 4.78 is 14.8. The molecule has 1 aromatic heterocycles.